The van der Waals surface area contributed by atoms with Crippen molar-refractivity contribution in [2.75, 3.05) is 11.1 Å². The largest absolute Gasteiger partial charge is 0.435 e. The first kappa shape index (κ1) is 18.3. The average Bonchev–Trinajstić information content (AvgIpc) is 3.48. The van der Waals surface area contributed by atoms with Gasteiger partial charge in [0.2, 0.25) is 5.95 Å². The smallest absolute Gasteiger partial charge is 0.387 e. The van der Waals surface area contributed by atoms with Gasteiger partial charge in [-0.25, -0.2) is 4.98 Å². The molecule has 0 saturated heterocycles. The number of halogens is 2. The lowest BCUT2D eigenvalue weighted by Crippen LogP contribution is -2.08. The maximum atomic E-state index is 12.3. The summed E-state index contributed by atoms with van der Waals surface area (Å²) in [5.41, 5.74) is 8.53. The Balaban J connectivity index is 1.50. The van der Waals surface area contributed by atoms with Crippen molar-refractivity contribution in [3.63, 3.8) is 0 Å². The van der Waals surface area contributed by atoms with Crippen molar-refractivity contribution in [2.45, 2.75) is 25.4 Å². The van der Waals surface area contributed by atoms with Gasteiger partial charge in [-0.05, 0) is 49.2 Å². The van der Waals surface area contributed by atoms with Gasteiger partial charge in [0.25, 0.3) is 0 Å². The number of benzene rings is 2. The molecule has 1 aliphatic carbocycles. The zero-order valence-electron chi connectivity index (χ0n) is 15.8. The molecule has 30 heavy (non-hydrogen) atoms. The number of nitrogen functional groups attached to an aromatic ring is 1. The summed E-state index contributed by atoms with van der Waals surface area (Å²) >= 11 is 0. The summed E-state index contributed by atoms with van der Waals surface area (Å²) in [6.07, 6.45) is 2.20. The van der Waals surface area contributed by atoms with E-state index in [9.17, 15) is 8.78 Å². The highest BCUT2D eigenvalue weighted by atomic mass is 19.3. The Hall–Kier alpha value is -3.75. The molecular formula is C21H18F2N6O. The first-order valence-corrected chi connectivity index (χ1v) is 9.51. The van der Waals surface area contributed by atoms with Gasteiger partial charge in [-0.2, -0.15) is 18.7 Å². The second-order valence-corrected chi connectivity index (χ2v) is 7.07. The molecule has 0 atom stereocenters. The maximum Gasteiger partial charge on any atom is 0.387 e. The Labute approximate surface area is 170 Å². The SMILES string of the molecule is Nc1cc(-n2c(C3CC3)nc3ccccc32)nc(Nc2ccc(OC(F)F)cc2)n1. The Bertz CT molecular complexity index is 1200. The van der Waals surface area contributed by atoms with Gasteiger partial charge in [-0.15, -0.1) is 0 Å². The fourth-order valence-electron chi connectivity index (χ4n) is 3.37. The van der Waals surface area contributed by atoms with Crippen LogP contribution in [-0.2, 0) is 0 Å². The summed E-state index contributed by atoms with van der Waals surface area (Å²) in [5, 5.41) is 3.06. The lowest BCUT2D eigenvalue weighted by molar-refractivity contribution is -0.0498. The van der Waals surface area contributed by atoms with Crippen LogP contribution in [0.25, 0.3) is 16.9 Å². The van der Waals surface area contributed by atoms with Crippen LogP contribution in [0.15, 0.2) is 54.6 Å². The van der Waals surface area contributed by atoms with Gasteiger partial charge in [0.15, 0.2) is 0 Å². The van der Waals surface area contributed by atoms with Gasteiger partial charge in [0.1, 0.15) is 23.2 Å². The number of aromatic nitrogens is 4. The Kier molecular flexibility index (Phi) is 4.42. The number of rotatable bonds is 6. The number of hydrogen-bond donors (Lipinski definition) is 2. The zero-order chi connectivity index (χ0) is 20.7. The van der Waals surface area contributed by atoms with Gasteiger partial charge < -0.3 is 15.8 Å². The first-order valence-electron chi connectivity index (χ1n) is 9.51. The average molecular weight is 408 g/mol. The van der Waals surface area contributed by atoms with Crippen LogP contribution in [0.1, 0.15) is 24.6 Å². The van der Waals surface area contributed by atoms with Crippen molar-refractivity contribution in [2.24, 2.45) is 0 Å². The quantitative estimate of drug-likeness (QED) is 0.484. The predicted octanol–water partition coefficient (Wildman–Crippen LogP) is 4.62. The molecule has 0 radical (unpaired) electrons. The highest BCUT2D eigenvalue weighted by molar-refractivity contribution is 5.78. The topological polar surface area (TPSA) is 90.9 Å². The Morgan fingerprint density at radius 1 is 1.03 bits per heavy atom. The summed E-state index contributed by atoms with van der Waals surface area (Å²) in [5.74, 6) is 2.68. The zero-order valence-corrected chi connectivity index (χ0v) is 15.8. The molecule has 1 aliphatic rings. The van der Waals surface area contributed by atoms with E-state index in [-0.39, 0.29) is 5.75 Å². The molecule has 2 heterocycles. The predicted molar refractivity (Wildman–Crippen MR) is 109 cm³/mol. The van der Waals surface area contributed by atoms with E-state index in [1.54, 1.807) is 18.2 Å². The molecule has 4 aromatic rings. The minimum atomic E-state index is -2.87. The van der Waals surface area contributed by atoms with Crippen LogP contribution >= 0.6 is 0 Å². The number of alkyl halides is 2. The number of nitrogens with zero attached hydrogens (tertiary/aromatic N) is 4. The Morgan fingerprint density at radius 3 is 2.53 bits per heavy atom. The number of nitrogens with two attached hydrogens (primary N) is 1. The number of fused-ring (bicyclic) bond motifs is 1. The third-order valence-corrected chi connectivity index (χ3v) is 4.83. The number of anilines is 3. The highest BCUT2D eigenvalue weighted by Gasteiger charge is 2.30. The first-order chi connectivity index (χ1) is 14.6. The molecule has 0 spiro atoms. The monoisotopic (exact) mass is 408 g/mol. The number of hydrogen-bond acceptors (Lipinski definition) is 6. The van der Waals surface area contributed by atoms with Crippen molar-refractivity contribution in [1.82, 2.24) is 19.5 Å². The number of nitrogens with one attached hydrogen (secondary N) is 1. The van der Waals surface area contributed by atoms with Crippen LogP contribution in [0.5, 0.6) is 5.75 Å². The third kappa shape index (κ3) is 3.61. The molecule has 2 aromatic heterocycles. The van der Waals surface area contributed by atoms with E-state index in [1.807, 2.05) is 28.8 Å². The number of imidazole rings is 1. The van der Waals surface area contributed by atoms with E-state index in [2.05, 4.69) is 20.0 Å². The molecule has 0 bridgehead atoms. The van der Waals surface area contributed by atoms with Gasteiger partial charge in [0.05, 0.1) is 11.0 Å². The van der Waals surface area contributed by atoms with E-state index in [4.69, 9.17) is 10.7 Å². The van der Waals surface area contributed by atoms with Crippen molar-refractivity contribution in [3.05, 3.63) is 60.4 Å². The second-order valence-electron chi connectivity index (χ2n) is 7.07. The molecule has 3 N–H and O–H groups in total. The fourth-order valence-corrected chi connectivity index (χ4v) is 3.37. The van der Waals surface area contributed by atoms with E-state index >= 15 is 0 Å². The summed E-state index contributed by atoms with van der Waals surface area (Å²) in [7, 11) is 0. The molecule has 5 rings (SSSR count). The molecule has 2 aromatic carbocycles. The standard InChI is InChI=1S/C21H18F2N6O/c22-20(23)30-14-9-7-13(8-10-14)25-21-27-17(24)11-18(28-21)29-16-4-2-1-3-15(16)26-19(29)12-5-6-12/h1-4,7-12,20H,5-6H2,(H3,24,25,27,28). The summed E-state index contributed by atoms with van der Waals surface area (Å²) in [6, 6.07) is 15.7. The molecule has 0 unspecified atom stereocenters. The lowest BCUT2D eigenvalue weighted by atomic mass is 10.3. The number of ether oxygens (including phenoxy) is 1. The second kappa shape index (κ2) is 7.25. The van der Waals surface area contributed by atoms with E-state index < -0.39 is 6.61 Å². The fraction of sp³-hybridized carbons (Fsp3) is 0.190. The minimum absolute atomic E-state index is 0.0729. The van der Waals surface area contributed by atoms with Gasteiger partial charge >= 0.3 is 6.61 Å². The van der Waals surface area contributed by atoms with Crippen LogP contribution in [0.2, 0.25) is 0 Å². The van der Waals surface area contributed by atoms with Crippen molar-refractivity contribution in [1.29, 1.82) is 0 Å². The maximum absolute atomic E-state index is 12.3. The summed E-state index contributed by atoms with van der Waals surface area (Å²) in [4.78, 5) is 13.7. The van der Waals surface area contributed by atoms with Gasteiger partial charge in [-0.1, -0.05) is 12.1 Å². The molecule has 1 saturated carbocycles. The molecule has 9 heteroatoms. The third-order valence-electron chi connectivity index (χ3n) is 4.83. The molecular weight excluding hydrogens is 390 g/mol. The van der Waals surface area contributed by atoms with Crippen molar-refractivity contribution < 1.29 is 13.5 Å². The van der Waals surface area contributed by atoms with E-state index in [0.717, 1.165) is 29.7 Å². The van der Waals surface area contributed by atoms with Crippen molar-refractivity contribution >= 4 is 28.5 Å². The van der Waals surface area contributed by atoms with Gasteiger partial charge in [-0.3, -0.25) is 4.57 Å². The van der Waals surface area contributed by atoms with Crippen molar-refractivity contribution in [3.8, 4) is 11.6 Å². The highest BCUT2D eigenvalue weighted by Crippen LogP contribution is 2.41. The molecule has 0 aliphatic heterocycles. The van der Waals surface area contributed by atoms with E-state index in [1.165, 1.54) is 12.1 Å². The van der Waals surface area contributed by atoms with E-state index in [0.29, 0.717) is 29.2 Å². The van der Waals surface area contributed by atoms with Gasteiger partial charge in [0, 0.05) is 17.7 Å². The summed E-state index contributed by atoms with van der Waals surface area (Å²) in [6.45, 7) is -2.87. The molecule has 152 valence electrons. The summed E-state index contributed by atoms with van der Waals surface area (Å²) < 4.78 is 31.0. The van der Waals surface area contributed by atoms with Crippen LogP contribution in [0.3, 0.4) is 0 Å². The number of para-hydroxylation sites is 2. The minimum Gasteiger partial charge on any atom is -0.435 e. The molecule has 1 fully saturated rings. The lowest BCUT2D eigenvalue weighted by Gasteiger charge is -2.12. The Morgan fingerprint density at radius 2 is 1.80 bits per heavy atom. The molecule has 0 amide bonds. The molecule has 7 nitrogen and oxygen atoms in total. The van der Waals surface area contributed by atoms with Crippen LogP contribution in [0, 0.1) is 0 Å². The normalized spacial score (nSPS) is 13.7. The van der Waals surface area contributed by atoms with Crippen LogP contribution < -0.4 is 15.8 Å². The van der Waals surface area contributed by atoms with Crippen LogP contribution in [0.4, 0.5) is 26.2 Å². The van der Waals surface area contributed by atoms with Crippen LogP contribution in [-0.4, -0.2) is 26.1 Å².